The highest BCUT2D eigenvalue weighted by atomic mass is 32.2. The molecular weight excluding hydrogens is 264 g/mol. The molecule has 0 saturated heterocycles. The van der Waals surface area contributed by atoms with E-state index in [0.29, 0.717) is 12.2 Å². The van der Waals surface area contributed by atoms with Crippen molar-refractivity contribution in [2.75, 3.05) is 25.9 Å². The van der Waals surface area contributed by atoms with E-state index in [1.807, 2.05) is 6.92 Å². The lowest BCUT2D eigenvalue weighted by atomic mass is 10.3. The van der Waals surface area contributed by atoms with Gasteiger partial charge >= 0.3 is 0 Å². The SMILES string of the molecule is C=CCN(CCC)S(=O)(=O)c1ccc(N)cc1OC. The first kappa shape index (κ1) is 15.5. The Hall–Kier alpha value is -1.53. The van der Waals surface area contributed by atoms with Crippen LogP contribution in [0.3, 0.4) is 0 Å². The van der Waals surface area contributed by atoms with Crippen molar-refractivity contribution in [2.24, 2.45) is 0 Å². The van der Waals surface area contributed by atoms with Crippen molar-refractivity contribution in [2.45, 2.75) is 18.2 Å². The van der Waals surface area contributed by atoms with E-state index in [-0.39, 0.29) is 17.2 Å². The molecule has 0 radical (unpaired) electrons. The second-order valence-electron chi connectivity index (χ2n) is 4.06. The van der Waals surface area contributed by atoms with Crippen molar-refractivity contribution in [3.63, 3.8) is 0 Å². The fraction of sp³-hybridized carbons (Fsp3) is 0.385. The average Bonchev–Trinajstić information content (AvgIpc) is 2.38. The molecule has 5 nitrogen and oxygen atoms in total. The van der Waals surface area contributed by atoms with Crippen LogP contribution in [0.4, 0.5) is 5.69 Å². The molecule has 1 aromatic rings. The van der Waals surface area contributed by atoms with Crippen LogP contribution in [0, 0.1) is 0 Å². The smallest absolute Gasteiger partial charge is 0.247 e. The number of rotatable bonds is 7. The molecule has 0 unspecified atom stereocenters. The molecule has 19 heavy (non-hydrogen) atoms. The molecule has 106 valence electrons. The van der Waals surface area contributed by atoms with Gasteiger partial charge in [0.1, 0.15) is 10.6 Å². The maximum atomic E-state index is 12.6. The van der Waals surface area contributed by atoms with Gasteiger partial charge in [-0.3, -0.25) is 0 Å². The van der Waals surface area contributed by atoms with E-state index in [1.165, 1.54) is 23.5 Å². The molecular formula is C13H20N2O3S. The summed E-state index contributed by atoms with van der Waals surface area (Å²) < 4.78 is 31.6. The third-order valence-electron chi connectivity index (χ3n) is 2.61. The van der Waals surface area contributed by atoms with Crippen LogP contribution in [-0.2, 0) is 10.0 Å². The van der Waals surface area contributed by atoms with Gasteiger partial charge in [0.15, 0.2) is 0 Å². The minimum absolute atomic E-state index is 0.125. The first-order valence-electron chi connectivity index (χ1n) is 6.02. The topological polar surface area (TPSA) is 72.6 Å². The van der Waals surface area contributed by atoms with E-state index in [1.54, 1.807) is 12.1 Å². The van der Waals surface area contributed by atoms with Crippen LogP contribution < -0.4 is 10.5 Å². The molecule has 0 bridgehead atoms. The average molecular weight is 284 g/mol. The summed E-state index contributed by atoms with van der Waals surface area (Å²) in [5, 5.41) is 0. The number of methoxy groups -OCH3 is 1. The molecule has 0 aliphatic rings. The predicted octanol–water partition coefficient (Wildman–Crippen LogP) is 1.86. The molecule has 1 aromatic carbocycles. The fourth-order valence-electron chi connectivity index (χ4n) is 1.74. The van der Waals surface area contributed by atoms with Gasteiger partial charge in [0.25, 0.3) is 0 Å². The third kappa shape index (κ3) is 3.48. The maximum Gasteiger partial charge on any atom is 0.247 e. The molecule has 0 saturated carbocycles. The lowest BCUT2D eigenvalue weighted by molar-refractivity contribution is 0.395. The van der Waals surface area contributed by atoms with E-state index in [4.69, 9.17) is 10.5 Å². The number of hydrogen-bond acceptors (Lipinski definition) is 4. The van der Waals surface area contributed by atoms with Crippen LogP contribution in [0.25, 0.3) is 0 Å². The Kier molecular flexibility index (Phi) is 5.38. The van der Waals surface area contributed by atoms with Crippen LogP contribution in [0.2, 0.25) is 0 Å². The van der Waals surface area contributed by atoms with Crippen molar-refractivity contribution in [3.8, 4) is 5.75 Å². The highest BCUT2D eigenvalue weighted by molar-refractivity contribution is 7.89. The van der Waals surface area contributed by atoms with Crippen molar-refractivity contribution in [3.05, 3.63) is 30.9 Å². The summed E-state index contributed by atoms with van der Waals surface area (Å²) in [7, 11) is -2.18. The number of hydrogen-bond donors (Lipinski definition) is 1. The summed E-state index contributed by atoms with van der Waals surface area (Å²) in [6.07, 6.45) is 2.29. The standard InChI is InChI=1S/C13H20N2O3S/c1-4-8-15(9-5-2)19(16,17)13-7-6-11(14)10-12(13)18-3/h4,6-7,10H,1,5,8-9,14H2,2-3H3. The van der Waals surface area contributed by atoms with E-state index in [2.05, 4.69) is 6.58 Å². The van der Waals surface area contributed by atoms with Gasteiger partial charge in [-0.05, 0) is 18.6 Å². The summed E-state index contributed by atoms with van der Waals surface area (Å²) >= 11 is 0. The van der Waals surface area contributed by atoms with Crippen molar-refractivity contribution in [1.82, 2.24) is 4.31 Å². The minimum Gasteiger partial charge on any atom is -0.495 e. The van der Waals surface area contributed by atoms with Gasteiger partial charge in [0, 0.05) is 24.8 Å². The van der Waals surface area contributed by atoms with Gasteiger partial charge in [-0.15, -0.1) is 6.58 Å². The second-order valence-corrected chi connectivity index (χ2v) is 5.97. The molecule has 0 aliphatic carbocycles. The number of benzene rings is 1. The number of ether oxygens (including phenoxy) is 1. The summed E-state index contributed by atoms with van der Waals surface area (Å²) in [4.78, 5) is 0.125. The molecule has 0 fully saturated rings. The predicted molar refractivity (Wildman–Crippen MR) is 76.7 cm³/mol. The molecule has 0 aliphatic heterocycles. The number of nitrogens with two attached hydrogens (primary N) is 1. The van der Waals surface area contributed by atoms with Gasteiger partial charge in [-0.2, -0.15) is 4.31 Å². The first-order chi connectivity index (χ1) is 8.97. The van der Waals surface area contributed by atoms with Crippen molar-refractivity contribution >= 4 is 15.7 Å². The summed E-state index contributed by atoms with van der Waals surface area (Å²) in [6, 6.07) is 4.52. The molecule has 0 spiro atoms. The van der Waals surface area contributed by atoms with Gasteiger partial charge < -0.3 is 10.5 Å². The molecule has 0 aromatic heterocycles. The van der Waals surface area contributed by atoms with E-state index >= 15 is 0 Å². The Labute approximate surface area is 114 Å². The van der Waals surface area contributed by atoms with Crippen LogP contribution in [0.1, 0.15) is 13.3 Å². The minimum atomic E-state index is -3.60. The van der Waals surface area contributed by atoms with Crippen molar-refractivity contribution in [1.29, 1.82) is 0 Å². The Morgan fingerprint density at radius 3 is 2.68 bits per heavy atom. The highest BCUT2D eigenvalue weighted by Gasteiger charge is 2.26. The Morgan fingerprint density at radius 1 is 1.47 bits per heavy atom. The Bertz CT molecular complexity index is 541. The Balaban J connectivity index is 3.28. The van der Waals surface area contributed by atoms with Crippen molar-refractivity contribution < 1.29 is 13.2 Å². The summed E-state index contributed by atoms with van der Waals surface area (Å²) in [6.45, 7) is 6.21. The zero-order valence-corrected chi connectivity index (χ0v) is 12.1. The van der Waals surface area contributed by atoms with Gasteiger partial charge in [-0.25, -0.2) is 8.42 Å². The highest BCUT2D eigenvalue weighted by Crippen LogP contribution is 2.28. The summed E-state index contributed by atoms with van der Waals surface area (Å²) in [5.41, 5.74) is 6.09. The van der Waals surface area contributed by atoms with Crippen LogP contribution in [0.5, 0.6) is 5.75 Å². The quantitative estimate of drug-likeness (QED) is 0.613. The molecule has 6 heteroatoms. The third-order valence-corrected chi connectivity index (χ3v) is 4.52. The molecule has 2 N–H and O–H groups in total. The number of nitrogen functional groups attached to an aromatic ring is 1. The lowest BCUT2D eigenvalue weighted by Gasteiger charge is -2.21. The van der Waals surface area contributed by atoms with Crippen LogP contribution in [0.15, 0.2) is 35.7 Å². The molecule has 0 atom stereocenters. The van der Waals surface area contributed by atoms with Crippen LogP contribution >= 0.6 is 0 Å². The largest absolute Gasteiger partial charge is 0.495 e. The number of nitrogens with zero attached hydrogens (tertiary/aromatic N) is 1. The van der Waals surface area contributed by atoms with E-state index in [9.17, 15) is 8.42 Å². The lowest BCUT2D eigenvalue weighted by Crippen LogP contribution is -2.32. The second kappa shape index (κ2) is 6.58. The van der Waals surface area contributed by atoms with Gasteiger partial charge in [0.05, 0.1) is 7.11 Å². The van der Waals surface area contributed by atoms with Crippen LogP contribution in [-0.4, -0.2) is 32.9 Å². The zero-order chi connectivity index (χ0) is 14.5. The summed E-state index contributed by atoms with van der Waals surface area (Å²) in [5.74, 6) is 0.255. The first-order valence-corrected chi connectivity index (χ1v) is 7.46. The fourth-order valence-corrected chi connectivity index (χ4v) is 3.38. The Morgan fingerprint density at radius 2 is 2.16 bits per heavy atom. The van der Waals surface area contributed by atoms with E-state index < -0.39 is 10.0 Å². The number of anilines is 1. The normalized spacial score (nSPS) is 11.5. The van der Waals surface area contributed by atoms with Gasteiger partial charge in [-0.1, -0.05) is 13.0 Å². The van der Waals surface area contributed by atoms with Gasteiger partial charge in [0.2, 0.25) is 10.0 Å². The molecule has 0 heterocycles. The number of sulfonamides is 1. The van der Waals surface area contributed by atoms with E-state index in [0.717, 1.165) is 6.42 Å². The molecule has 1 rings (SSSR count). The monoisotopic (exact) mass is 284 g/mol. The maximum absolute atomic E-state index is 12.6. The zero-order valence-electron chi connectivity index (χ0n) is 11.3. The molecule has 0 amide bonds.